The Morgan fingerprint density at radius 2 is 1.14 bits per heavy atom. The molecule has 9 aromatic rings. The van der Waals surface area contributed by atoms with Crippen molar-refractivity contribution < 1.29 is 0 Å². The molecule has 10 rings (SSSR count). The number of nitrogens with two attached hydrogens (primary N) is 1. The van der Waals surface area contributed by atoms with Crippen LogP contribution in [0.1, 0.15) is 23.6 Å². The van der Waals surface area contributed by atoms with E-state index in [2.05, 4.69) is 143 Å². The molecule has 7 aromatic carbocycles. The molecule has 0 saturated heterocycles. The second-order valence-corrected chi connectivity index (χ2v) is 14.3. The predicted octanol–water partition coefficient (Wildman–Crippen LogP) is 11.8. The monoisotopic (exact) mass is 721 g/mol. The van der Waals surface area contributed by atoms with Gasteiger partial charge in [0.15, 0.2) is 6.17 Å². The molecule has 268 valence electrons. The Morgan fingerprint density at radius 3 is 1.84 bits per heavy atom. The molecule has 0 aliphatic heterocycles. The smallest absolute Gasteiger partial charge is 0.167 e. The van der Waals surface area contributed by atoms with Crippen molar-refractivity contribution in [2.45, 2.75) is 18.6 Å². The summed E-state index contributed by atoms with van der Waals surface area (Å²) in [5.41, 5.74) is 17.9. The van der Waals surface area contributed by atoms with Gasteiger partial charge in [0.05, 0.1) is 17.1 Å². The topological polar surface area (TPSA) is 60.6 Å². The van der Waals surface area contributed by atoms with E-state index in [1.165, 1.54) is 60.4 Å². The highest BCUT2D eigenvalue weighted by Gasteiger charge is 2.21. The fourth-order valence-corrected chi connectivity index (χ4v) is 8.26. The molecule has 0 fully saturated rings. The van der Waals surface area contributed by atoms with Crippen LogP contribution in [0.15, 0.2) is 210 Å². The lowest BCUT2D eigenvalue weighted by Crippen LogP contribution is -2.19. The number of nitrogens with zero attached hydrogens (tertiary/aromatic N) is 4. The first-order chi connectivity index (χ1) is 27.7. The van der Waals surface area contributed by atoms with Crippen molar-refractivity contribution in [3.8, 4) is 16.8 Å². The number of aromatic nitrogens is 2. The Bertz CT molecular complexity index is 3000. The number of fused-ring (bicyclic) bond motifs is 6. The van der Waals surface area contributed by atoms with Crippen molar-refractivity contribution >= 4 is 55.7 Å². The molecule has 0 spiro atoms. The lowest BCUT2D eigenvalue weighted by molar-refractivity contribution is 0.637. The number of rotatable bonds is 8. The van der Waals surface area contributed by atoms with Gasteiger partial charge < -0.3 is 14.9 Å². The van der Waals surface area contributed by atoms with E-state index in [0.29, 0.717) is 5.84 Å². The average molecular weight is 722 g/mol. The van der Waals surface area contributed by atoms with Crippen LogP contribution in [0.4, 0.5) is 0 Å². The summed E-state index contributed by atoms with van der Waals surface area (Å²) in [5.74, 6) is 0.469. The minimum Gasteiger partial charge on any atom is -0.383 e. The molecule has 2 heterocycles. The second kappa shape index (κ2) is 14.2. The zero-order valence-electron chi connectivity index (χ0n) is 30.8. The number of benzene rings is 7. The van der Waals surface area contributed by atoms with E-state index >= 15 is 0 Å². The molecule has 2 atom stereocenters. The summed E-state index contributed by atoms with van der Waals surface area (Å²) in [5, 5.41) is 5.00. The summed E-state index contributed by atoms with van der Waals surface area (Å²) >= 11 is 0. The fraction of sp³-hybridized carbons (Fsp3) is 0.0588. The maximum Gasteiger partial charge on any atom is 0.167 e. The Balaban J connectivity index is 1.01. The highest BCUT2D eigenvalue weighted by atomic mass is 15.0. The molecule has 56 heavy (non-hydrogen) atoms. The largest absolute Gasteiger partial charge is 0.383 e. The highest BCUT2D eigenvalue weighted by Crippen LogP contribution is 2.39. The molecule has 0 radical (unpaired) electrons. The molecule has 5 heteroatoms. The van der Waals surface area contributed by atoms with E-state index in [-0.39, 0.29) is 6.04 Å². The standard InChI is InChI=1S/C51H39N5/c52-50(36-16-6-2-7-17-36)54-51(53-34-35-14-4-1-5-15-35)37-24-28-41(29-25-37)56-47-23-13-11-21-43(47)45-33-39(27-31-49(45)56)38-26-30-48-44(32-38)42-20-10-12-22-46(42)55(48)40-18-8-3-9-19-40/h1-28,30-34,41,51H,29H2,(H2,52,54)/b53-34+. The Labute approximate surface area is 325 Å². The lowest BCUT2D eigenvalue weighted by atomic mass is 9.99. The van der Waals surface area contributed by atoms with Gasteiger partial charge in [0.1, 0.15) is 5.84 Å². The van der Waals surface area contributed by atoms with E-state index in [4.69, 9.17) is 15.7 Å². The molecule has 2 aromatic heterocycles. The normalized spacial score (nSPS) is 15.3. The van der Waals surface area contributed by atoms with Crippen molar-refractivity contribution in [2.75, 3.05) is 0 Å². The zero-order chi connectivity index (χ0) is 37.4. The van der Waals surface area contributed by atoms with Gasteiger partial charge in [0, 0.05) is 50.0 Å². The zero-order valence-corrected chi connectivity index (χ0v) is 30.8. The minimum atomic E-state index is -0.465. The number of aliphatic imine (C=N–C) groups is 2. The number of hydrogen-bond acceptors (Lipinski definition) is 2. The molecular formula is C51H39N5. The van der Waals surface area contributed by atoms with E-state index < -0.39 is 6.17 Å². The van der Waals surface area contributed by atoms with Gasteiger partial charge in [-0.3, -0.25) is 4.99 Å². The molecule has 1 aliphatic carbocycles. The first-order valence-electron chi connectivity index (χ1n) is 19.2. The first-order valence-corrected chi connectivity index (χ1v) is 19.2. The average Bonchev–Trinajstić information content (AvgIpc) is 3.78. The lowest BCUT2D eigenvalue weighted by Gasteiger charge is -2.22. The quantitative estimate of drug-likeness (QED) is 0.123. The Hall–Kier alpha value is -7.24. The predicted molar refractivity (Wildman–Crippen MR) is 235 cm³/mol. The van der Waals surface area contributed by atoms with Crippen LogP contribution in [0.3, 0.4) is 0 Å². The molecule has 0 saturated carbocycles. The van der Waals surface area contributed by atoms with Crippen molar-refractivity contribution in [2.24, 2.45) is 15.7 Å². The highest BCUT2D eigenvalue weighted by molar-refractivity contribution is 6.12. The molecule has 1 aliphatic rings. The van der Waals surface area contributed by atoms with Gasteiger partial charge >= 0.3 is 0 Å². The van der Waals surface area contributed by atoms with Crippen LogP contribution in [0.5, 0.6) is 0 Å². The summed E-state index contributed by atoms with van der Waals surface area (Å²) in [6, 6.07) is 62.1. The van der Waals surface area contributed by atoms with Crippen LogP contribution in [0, 0.1) is 0 Å². The summed E-state index contributed by atoms with van der Waals surface area (Å²) in [7, 11) is 0. The van der Waals surface area contributed by atoms with Crippen LogP contribution in [0.25, 0.3) is 60.4 Å². The minimum absolute atomic E-state index is 0.127. The van der Waals surface area contributed by atoms with Crippen molar-refractivity contribution in [1.82, 2.24) is 9.13 Å². The summed E-state index contributed by atoms with van der Waals surface area (Å²) in [6.45, 7) is 0. The molecule has 2 unspecified atom stereocenters. The number of hydrogen-bond donors (Lipinski definition) is 1. The van der Waals surface area contributed by atoms with Crippen LogP contribution >= 0.6 is 0 Å². The van der Waals surface area contributed by atoms with Crippen LogP contribution < -0.4 is 5.73 Å². The summed E-state index contributed by atoms with van der Waals surface area (Å²) in [6.07, 6.45) is 8.98. The molecule has 0 amide bonds. The van der Waals surface area contributed by atoms with Gasteiger partial charge in [0.25, 0.3) is 0 Å². The summed E-state index contributed by atoms with van der Waals surface area (Å²) in [4.78, 5) is 9.87. The first kappa shape index (κ1) is 33.3. The number of allylic oxidation sites excluding steroid dienone is 2. The van der Waals surface area contributed by atoms with E-state index in [1.807, 2.05) is 66.9 Å². The Morgan fingerprint density at radius 1 is 0.589 bits per heavy atom. The van der Waals surface area contributed by atoms with E-state index in [0.717, 1.165) is 23.1 Å². The maximum absolute atomic E-state index is 6.55. The van der Waals surface area contributed by atoms with Gasteiger partial charge in [-0.05, 0) is 77.2 Å². The van der Waals surface area contributed by atoms with Crippen LogP contribution in [-0.2, 0) is 0 Å². The van der Waals surface area contributed by atoms with Gasteiger partial charge in [-0.1, -0.05) is 146 Å². The van der Waals surface area contributed by atoms with Crippen molar-refractivity contribution in [3.63, 3.8) is 0 Å². The van der Waals surface area contributed by atoms with E-state index in [1.54, 1.807) is 0 Å². The third kappa shape index (κ3) is 6.00. The van der Waals surface area contributed by atoms with Crippen LogP contribution in [-0.4, -0.2) is 27.4 Å². The molecule has 5 nitrogen and oxygen atoms in total. The fourth-order valence-electron chi connectivity index (χ4n) is 8.26. The van der Waals surface area contributed by atoms with Gasteiger partial charge in [-0.25, -0.2) is 4.99 Å². The number of para-hydroxylation sites is 3. The van der Waals surface area contributed by atoms with Gasteiger partial charge in [0.2, 0.25) is 0 Å². The third-order valence-electron chi connectivity index (χ3n) is 11.0. The third-order valence-corrected chi connectivity index (χ3v) is 11.0. The maximum atomic E-state index is 6.55. The SMILES string of the molecule is N/C(=N\C(/N=C/c1ccccc1)C1=CCC(n2c3ccccc3c3cc(-c4ccc5c(c4)c4ccccc4n5-c4ccccc4)ccc32)C=C1)c1ccccc1. The van der Waals surface area contributed by atoms with Gasteiger partial charge in [-0.15, -0.1) is 0 Å². The Kier molecular flexibility index (Phi) is 8.45. The molecule has 2 N–H and O–H groups in total. The van der Waals surface area contributed by atoms with E-state index in [9.17, 15) is 0 Å². The molecular weight excluding hydrogens is 683 g/mol. The van der Waals surface area contributed by atoms with Crippen molar-refractivity contribution in [3.05, 3.63) is 211 Å². The number of amidine groups is 1. The second-order valence-electron chi connectivity index (χ2n) is 14.3. The molecule has 0 bridgehead atoms. The summed E-state index contributed by atoms with van der Waals surface area (Å²) < 4.78 is 4.85. The van der Waals surface area contributed by atoms with Crippen molar-refractivity contribution in [1.29, 1.82) is 0 Å². The van der Waals surface area contributed by atoms with Gasteiger partial charge in [-0.2, -0.15) is 0 Å². The van der Waals surface area contributed by atoms with Crippen LogP contribution in [0.2, 0.25) is 0 Å².